The average Bonchev–Trinajstić information content (AvgIpc) is 2.17. The summed E-state index contributed by atoms with van der Waals surface area (Å²) in [5, 5.41) is 2.56. The van der Waals surface area contributed by atoms with E-state index >= 15 is 0 Å². The van der Waals surface area contributed by atoms with Gasteiger partial charge in [0.05, 0.1) is 5.37 Å². The van der Waals surface area contributed by atoms with Crippen molar-refractivity contribution in [3.05, 3.63) is 30.3 Å². The van der Waals surface area contributed by atoms with Gasteiger partial charge < -0.3 is 11.1 Å². The number of carbonyl (C=O) groups is 1. The number of para-hydroxylation sites is 1. The van der Waals surface area contributed by atoms with Crippen molar-refractivity contribution < 1.29 is 4.79 Å². The van der Waals surface area contributed by atoms with Crippen LogP contribution >= 0.6 is 11.8 Å². The molecule has 0 spiro atoms. The highest BCUT2D eigenvalue weighted by molar-refractivity contribution is 8.14. The van der Waals surface area contributed by atoms with Crippen molar-refractivity contribution in [3.8, 4) is 0 Å². The van der Waals surface area contributed by atoms with E-state index in [-0.39, 0.29) is 10.6 Å². The van der Waals surface area contributed by atoms with E-state index in [2.05, 4.69) is 19.2 Å². The van der Waals surface area contributed by atoms with E-state index in [1.807, 2.05) is 30.3 Å². The Labute approximate surface area is 101 Å². The smallest absolute Gasteiger partial charge is 0.284 e. The van der Waals surface area contributed by atoms with Gasteiger partial charge >= 0.3 is 0 Å². The zero-order valence-corrected chi connectivity index (χ0v) is 10.5. The lowest BCUT2D eigenvalue weighted by Crippen LogP contribution is -2.22. The molecule has 0 saturated heterocycles. The first-order valence-electron chi connectivity index (χ1n) is 5.36. The van der Waals surface area contributed by atoms with Crippen molar-refractivity contribution >= 4 is 22.7 Å². The second-order valence-corrected chi connectivity index (χ2v) is 5.28. The molecule has 1 amide bonds. The third kappa shape index (κ3) is 5.19. The van der Waals surface area contributed by atoms with Gasteiger partial charge in [-0.2, -0.15) is 0 Å². The minimum Gasteiger partial charge on any atom is -0.319 e. The Morgan fingerprint density at radius 2 is 2.00 bits per heavy atom. The Balaban J connectivity index is 2.36. The molecule has 1 rings (SSSR count). The monoisotopic (exact) mass is 238 g/mol. The van der Waals surface area contributed by atoms with Gasteiger partial charge in [-0.05, 0) is 36.2 Å². The number of carbonyl (C=O) groups excluding carboxylic acids is 1. The summed E-state index contributed by atoms with van der Waals surface area (Å²) in [6.07, 6.45) is 0.840. The van der Waals surface area contributed by atoms with Crippen molar-refractivity contribution in [1.82, 2.24) is 0 Å². The maximum absolute atomic E-state index is 11.6. The van der Waals surface area contributed by atoms with Gasteiger partial charge in [0.15, 0.2) is 0 Å². The van der Waals surface area contributed by atoms with Crippen molar-refractivity contribution in [2.24, 2.45) is 11.7 Å². The summed E-state index contributed by atoms with van der Waals surface area (Å²) in [7, 11) is 0. The molecule has 0 bridgehead atoms. The SMILES string of the molecule is CC(C)CC(N)SC(=O)Nc1ccccc1. The van der Waals surface area contributed by atoms with Gasteiger partial charge in [-0.25, -0.2) is 0 Å². The summed E-state index contributed by atoms with van der Waals surface area (Å²) in [5.74, 6) is 0.507. The predicted molar refractivity (Wildman–Crippen MR) is 70.5 cm³/mol. The van der Waals surface area contributed by atoms with Crippen LogP contribution in [-0.4, -0.2) is 10.6 Å². The zero-order valence-electron chi connectivity index (χ0n) is 9.64. The first-order chi connectivity index (χ1) is 7.58. The molecule has 3 nitrogen and oxygen atoms in total. The molecule has 3 N–H and O–H groups in total. The van der Waals surface area contributed by atoms with Crippen LogP contribution in [0.25, 0.3) is 0 Å². The molecule has 0 radical (unpaired) electrons. The lowest BCUT2D eigenvalue weighted by molar-refractivity contribution is 0.269. The molecule has 0 heterocycles. The summed E-state index contributed by atoms with van der Waals surface area (Å²) < 4.78 is 0. The Morgan fingerprint density at radius 1 is 1.38 bits per heavy atom. The van der Waals surface area contributed by atoms with E-state index in [1.165, 1.54) is 0 Å². The summed E-state index contributed by atoms with van der Waals surface area (Å²) in [4.78, 5) is 11.6. The molecule has 1 atom stereocenters. The van der Waals surface area contributed by atoms with Crippen LogP contribution in [0.5, 0.6) is 0 Å². The molecule has 0 aromatic heterocycles. The van der Waals surface area contributed by atoms with E-state index in [1.54, 1.807) is 0 Å². The van der Waals surface area contributed by atoms with Gasteiger partial charge in [-0.3, -0.25) is 4.79 Å². The van der Waals surface area contributed by atoms with Crippen LogP contribution in [0.2, 0.25) is 0 Å². The number of thioether (sulfide) groups is 1. The van der Waals surface area contributed by atoms with Gasteiger partial charge in [0, 0.05) is 5.69 Å². The Kier molecular flexibility index (Phi) is 5.35. The van der Waals surface area contributed by atoms with Crippen LogP contribution in [0.3, 0.4) is 0 Å². The van der Waals surface area contributed by atoms with Gasteiger partial charge in [0.2, 0.25) is 0 Å². The highest BCUT2D eigenvalue weighted by Gasteiger charge is 2.11. The lowest BCUT2D eigenvalue weighted by atomic mass is 10.1. The van der Waals surface area contributed by atoms with Crippen LogP contribution in [0.15, 0.2) is 30.3 Å². The molecule has 1 aromatic rings. The van der Waals surface area contributed by atoms with Crippen LogP contribution in [0.4, 0.5) is 10.5 Å². The van der Waals surface area contributed by atoms with Crippen LogP contribution in [0, 0.1) is 5.92 Å². The van der Waals surface area contributed by atoms with E-state index in [9.17, 15) is 4.79 Å². The molecule has 4 heteroatoms. The maximum atomic E-state index is 11.6. The number of rotatable bonds is 4. The molecule has 1 unspecified atom stereocenters. The molecule has 1 aromatic carbocycles. The normalized spacial score (nSPS) is 12.5. The van der Waals surface area contributed by atoms with Crippen LogP contribution in [0.1, 0.15) is 20.3 Å². The fourth-order valence-electron chi connectivity index (χ4n) is 1.32. The van der Waals surface area contributed by atoms with Gasteiger partial charge in [0.25, 0.3) is 5.24 Å². The molecule has 0 saturated carbocycles. The highest BCUT2D eigenvalue weighted by atomic mass is 32.2. The largest absolute Gasteiger partial charge is 0.319 e. The fourth-order valence-corrected chi connectivity index (χ4v) is 2.25. The van der Waals surface area contributed by atoms with Crippen molar-refractivity contribution in [1.29, 1.82) is 0 Å². The number of hydrogen-bond acceptors (Lipinski definition) is 3. The van der Waals surface area contributed by atoms with E-state index in [0.717, 1.165) is 23.9 Å². The lowest BCUT2D eigenvalue weighted by Gasteiger charge is -2.12. The summed E-state index contributed by atoms with van der Waals surface area (Å²) in [5.41, 5.74) is 6.63. The molecule has 0 aliphatic carbocycles. The molecule has 0 aliphatic heterocycles. The second-order valence-electron chi connectivity index (χ2n) is 4.06. The minimum atomic E-state index is -0.135. The van der Waals surface area contributed by atoms with E-state index in [0.29, 0.717) is 5.92 Å². The van der Waals surface area contributed by atoms with Crippen molar-refractivity contribution in [2.75, 3.05) is 5.32 Å². The third-order valence-electron chi connectivity index (χ3n) is 1.98. The standard InChI is InChI=1S/C12H18N2OS/c1-9(2)8-11(13)16-12(15)14-10-6-4-3-5-7-10/h3-7,9,11H,8,13H2,1-2H3,(H,14,15). The summed E-state index contributed by atoms with van der Waals surface area (Å²) in [6.45, 7) is 4.19. The van der Waals surface area contributed by atoms with E-state index in [4.69, 9.17) is 5.73 Å². The van der Waals surface area contributed by atoms with Gasteiger partial charge in [-0.1, -0.05) is 32.0 Å². The molecule has 16 heavy (non-hydrogen) atoms. The first kappa shape index (κ1) is 13.1. The number of nitrogens with two attached hydrogens (primary N) is 1. The second kappa shape index (κ2) is 6.55. The summed E-state index contributed by atoms with van der Waals surface area (Å²) in [6, 6.07) is 9.38. The average molecular weight is 238 g/mol. The van der Waals surface area contributed by atoms with E-state index < -0.39 is 0 Å². The number of anilines is 1. The van der Waals surface area contributed by atoms with Crippen molar-refractivity contribution in [3.63, 3.8) is 0 Å². The Morgan fingerprint density at radius 3 is 2.56 bits per heavy atom. The topological polar surface area (TPSA) is 55.1 Å². The number of hydrogen-bond donors (Lipinski definition) is 2. The van der Waals surface area contributed by atoms with Crippen LogP contribution in [-0.2, 0) is 0 Å². The Bertz CT molecular complexity index is 327. The maximum Gasteiger partial charge on any atom is 0.284 e. The molecular formula is C12H18N2OS. The predicted octanol–water partition coefficient (Wildman–Crippen LogP) is 3.28. The van der Waals surface area contributed by atoms with Crippen LogP contribution < -0.4 is 11.1 Å². The molecule has 0 fully saturated rings. The first-order valence-corrected chi connectivity index (χ1v) is 6.24. The quantitative estimate of drug-likeness (QED) is 0.791. The van der Waals surface area contributed by atoms with Gasteiger partial charge in [-0.15, -0.1) is 0 Å². The van der Waals surface area contributed by atoms with Gasteiger partial charge in [0.1, 0.15) is 0 Å². The molecule has 0 aliphatic rings. The number of nitrogens with one attached hydrogen (secondary N) is 1. The minimum absolute atomic E-state index is 0.0978. The molecular weight excluding hydrogens is 220 g/mol. The molecule has 88 valence electrons. The van der Waals surface area contributed by atoms with Crippen molar-refractivity contribution in [2.45, 2.75) is 25.6 Å². The zero-order chi connectivity index (χ0) is 12.0. The summed E-state index contributed by atoms with van der Waals surface area (Å²) >= 11 is 1.15. The fraction of sp³-hybridized carbons (Fsp3) is 0.417. The Hall–Kier alpha value is -1.00. The number of benzene rings is 1. The highest BCUT2D eigenvalue weighted by Crippen LogP contribution is 2.17. The third-order valence-corrected chi connectivity index (χ3v) is 2.79. The number of amides is 1.